The van der Waals surface area contributed by atoms with E-state index in [1.165, 1.54) is 6.08 Å². The van der Waals surface area contributed by atoms with Gasteiger partial charge >= 0.3 is 0 Å². The Morgan fingerprint density at radius 1 is 1.03 bits per heavy atom. The molecule has 0 saturated heterocycles. The smallest absolute Gasteiger partial charge is 0.251 e. The zero-order valence-corrected chi connectivity index (χ0v) is 17.1. The summed E-state index contributed by atoms with van der Waals surface area (Å²) < 4.78 is 1.87. The second-order valence-corrected chi connectivity index (χ2v) is 7.48. The normalized spacial score (nSPS) is 13.4. The van der Waals surface area contributed by atoms with E-state index in [1.54, 1.807) is 30.3 Å². The van der Waals surface area contributed by atoms with Gasteiger partial charge in [0.1, 0.15) is 0 Å². The Morgan fingerprint density at radius 3 is 2.40 bits per heavy atom. The van der Waals surface area contributed by atoms with Crippen molar-refractivity contribution in [3.8, 4) is 5.69 Å². The van der Waals surface area contributed by atoms with E-state index in [4.69, 9.17) is 0 Å². The standard InChI is InChI=1S/C24H24N4O2/c1-16-22(17(2)28(27-16)21-6-4-3-5-7-21)14-15-23(29)25-19-10-8-18(9-11-19)24(30)26-20-12-13-20/h3-11,14-15,20H,12-13H2,1-2H3,(H,25,29)(H,26,30)/b15-14+. The van der Waals surface area contributed by atoms with Gasteiger partial charge in [-0.3, -0.25) is 9.59 Å². The zero-order valence-electron chi connectivity index (χ0n) is 17.1. The number of amides is 2. The van der Waals surface area contributed by atoms with Gasteiger partial charge in [0.2, 0.25) is 5.91 Å². The summed E-state index contributed by atoms with van der Waals surface area (Å²) in [5.74, 6) is -0.312. The van der Waals surface area contributed by atoms with Crippen molar-refractivity contribution in [3.63, 3.8) is 0 Å². The molecule has 1 aliphatic carbocycles. The van der Waals surface area contributed by atoms with E-state index in [-0.39, 0.29) is 11.8 Å². The van der Waals surface area contributed by atoms with Gasteiger partial charge in [0, 0.05) is 34.6 Å². The van der Waals surface area contributed by atoms with Crippen molar-refractivity contribution in [2.45, 2.75) is 32.7 Å². The molecular weight excluding hydrogens is 376 g/mol. The number of para-hydroxylation sites is 1. The van der Waals surface area contributed by atoms with Gasteiger partial charge in [-0.05, 0) is 69.2 Å². The van der Waals surface area contributed by atoms with Crippen molar-refractivity contribution < 1.29 is 9.59 Å². The van der Waals surface area contributed by atoms with Crippen molar-refractivity contribution in [1.29, 1.82) is 0 Å². The topological polar surface area (TPSA) is 76.0 Å². The second kappa shape index (κ2) is 8.37. The molecule has 152 valence electrons. The van der Waals surface area contributed by atoms with Crippen molar-refractivity contribution in [3.05, 3.63) is 83.2 Å². The minimum absolute atomic E-state index is 0.0725. The first-order chi connectivity index (χ1) is 14.5. The molecule has 6 heteroatoms. The number of rotatable bonds is 6. The minimum atomic E-state index is -0.239. The highest BCUT2D eigenvalue weighted by Gasteiger charge is 2.23. The Kier molecular flexibility index (Phi) is 5.48. The van der Waals surface area contributed by atoms with Gasteiger partial charge in [-0.1, -0.05) is 18.2 Å². The predicted octanol–water partition coefficient (Wildman–Crippen LogP) is 4.03. The Hall–Kier alpha value is -3.67. The summed E-state index contributed by atoms with van der Waals surface area (Å²) in [4.78, 5) is 24.4. The lowest BCUT2D eigenvalue weighted by molar-refractivity contribution is -0.111. The Bertz CT molecular complexity index is 1090. The van der Waals surface area contributed by atoms with Crippen LogP contribution in [-0.2, 0) is 4.79 Å². The molecular formula is C24H24N4O2. The number of nitrogens with zero attached hydrogens (tertiary/aromatic N) is 2. The molecule has 1 aliphatic rings. The van der Waals surface area contributed by atoms with Crippen LogP contribution < -0.4 is 10.6 Å². The summed E-state index contributed by atoms with van der Waals surface area (Å²) >= 11 is 0. The van der Waals surface area contributed by atoms with Crippen LogP contribution in [0.3, 0.4) is 0 Å². The average molecular weight is 400 g/mol. The van der Waals surface area contributed by atoms with Crippen molar-refractivity contribution in [2.24, 2.45) is 0 Å². The lowest BCUT2D eigenvalue weighted by Gasteiger charge is -2.06. The van der Waals surface area contributed by atoms with Crippen LogP contribution in [0.2, 0.25) is 0 Å². The first-order valence-corrected chi connectivity index (χ1v) is 10.0. The molecule has 2 amide bonds. The van der Waals surface area contributed by atoms with Crippen LogP contribution in [-0.4, -0.2) is 27.6 Å². The van der Waals surface area contributed by atoms with Gasteiger partial charge in [-0.25, -0.2) is 4.68 Å². The molecule has 6 nitrogen and oxygen atoms in total. The molecule has 1 fully saturated rings. The molecule has 0 aliphatic heterocycles. The number of aromatic nitrogens is 2. The first kappa shape index (κ1) is 19.6. The largest absolute Gasteiger partial charge is 0.349 e. The van der Waals surface area contributed by atoms with Crippen LogP contribution in [0.4, 0.5) is 5.69 Å². The molecule has 30 heavy (non-hydrogen) atoms. The summed E-state index contributed by atoms with van der Waals surface area (Å²) in [6.07, 6.45) is 5.38. The van der Waals surface area contributed by atoms with Crippen LogP contribution in [0.5, 0.6) is 0 Å². The lowest BCUT2D eigenvalue weighted by atomic mass is 10.1. The molecule has 1 aromatic heterocycles. The highest BCUT2D eigenvalue weighted by atomic mass is 16.2. The Balaban J connectivity index is 1.41. The number of carbonyl (C=O) groups is 2. The number of anilines is 1. The first-order valence-electron chi connectivity index (χ1n) is 10.0. The van der Waals surface area contributed by atoms with Crippen LogP contribution in [0.1, 0.15) is 40.2 Å². The number of nitrogens with one attached hydrogen (secondary N) is 2. The SMILES string of the molecule is Cc1nn(-c2ccccc2)c(C)c1/C=C/C(=O)Nc1ccc(C(=O)NC2CC2)cc1. The summed E-state index contributed by atoms with van der Waals surface area (Å²) in [6.45, 7) is 3.91. The van der Waals surface area contributed by atoms with Gasteiger partial charge in [-0.15, -0.1) is 0 Å². The van der Waals surface area contributed by atoms with Crippen molar-refractivity contribution >= 4 is 23.6 Å². The maximum Gasteiger partial charge on any atom is 0.251 e. The van der Waals surface area contributed by atoms with Gasteiger partial charge < -0.3 is 10.6 Å². The van der Waals surface area contributed by atoms with Gasteiger partial charge in [0.15, 0.2) is 0 Å². The van der Waals surface area contributed by atoms with Crippen LogP contribution in [0.25, 0.3) is 11.8 Å². The third-order valence-corrected chi connectivity index (χ3v) is 5.08. The second-order valence-electron chi connectivity index (χ2n) is 7.48. The molecule has 1 heterocycles. The van der Waals surface area contributed by atoms with E-state index in [1.807, 2.05) is 48.9 Å². The van der Waals surface area contributed by atoms with E-state index in [2.05, 4.69) is 15.7 Å². The maximum absolute atomic E-state index is 12.4. The van der Waals surface area contributed by atoms with Crippen LogP contribution in [0.15, 0.2) is 60.7 Å². The highest BCUT2D eigenvalue weighted by molar-refractivity contribution is 6.02. The Morgan fingerprint density at radius 2 is 1.73 bits per heavy atom. The van der Waals surface area contributed by atoms with Crippen LogP contribution >= 0.6 is 0 Å². The molecule has 2 N–H and O–H groups in total. The number of hydrogen-bond donors (Lipinski definition) is 2. The molecule has 2 aromatic carbocycles. The number of benzene rings is 2. The van der Waals surface area contributed by atoms with E-state index >= 15 is 0 Å². The van der Waals surface area contributed by atoms with E-state index in [0.29, 0.717) is 17.3 Å². The maximum atomic E-state index is 12.4. The number of hydrogen-bond acceptors (Lipinski definition) is 3. The highest BCUT2D eigenvalue weighted by Crippen LogP contribution is 2.20. The molecule has 0 bridgehead atoms. The molecule has 0 unspecified atom stereocenters. The fourth-order valence-electron chi connectivity index (χ4n) is 3.26. The molecule has 4 rings (SSSR count). The van der Waals surface area contributed by atoms with E-state index in [0.717, 1.165) is 35.5 Å². The monoisotopic (exact) mass is 400 g/mol. The molecule has 3 aromatic rings. The zero-order chi connectivity index (χ0) is 21.1. The summed E-state index contributed by atoms with van der Waals surface area (Å²) in [7, 11) is 0. The van der Waals surface area contributed by atoms with Crippen molar-refractivity contribution in [2.75, 3.05) is 5.32 Å². The van der Waals surface area contributed by atoms with Gasteiger partial charge in [-0.2, -0.15) is 5.10 Å². The van der Waals surface area contributed by atoms with E-state index < -0.39 is 0 Å². The third-order valence-electron chi connectivity index (χ3n) is 5.08. The fourth-order valence-corrected chi connectivity index (χ4v) is 3.26. The molecule has 1 saturated carbocycles. The van der Waals surface area contributed by atoms with E-state index in [9.17, 15) is 9.59 Å². The number of carbonyl (C=O) groups excluding carboxylic acids is 2. The van der Waals surface area contributed by atoms with Crippen molar-refractivity contribution in [1.82, 2.24) is 15.1 Å². The molecule has 0 atom stereocenters. The average Bonchev–Trinajstić information content (AvgIpc) is 3.52. The summed E-state index contributed by atoms with van der Waals surface area (Å²) in [6, 6.07) is 17.1. The minimum Gasteiger partial charge on any atom is -0.349 e. The summed E-state index contributed by atoms with van der Waals surface area (Å²) in [5.41, 5.74) is 4.95. The van der Waals surface area contributed by atoms with Crippen LogP contribution in [0, 0.1) is 13.8 Å². The fraction of sp³-hybridized carbons (Fsp3) is 0.208. The predicted molar refractivity (Wildman–Crippen MR) is 118 cm³/mol. The van der Waals surface area contributed by atoms with Gasteiger partial charge in [0.05, 0.1) is 11.4 Å². The number of aryl methyl sites for hydroxylation is 1. The molecule has 0 radical (unpaired) electrons. The lowest BCUT2D eigenvalue weighted by Crippen LogP contribution is -2.25. The summed E-state index contributed by atoms with van der Waals surface area (Å²) in [5, 5.41) is 10.4. The third kappa shape index (κ3) is 4.49. The quantitative estimate of drug-likeness (QED) is 0.614. The van der Waals surface area contributed by atoms with Gasteiger partial charge in [0.25, 0.3) is 5.91 Å². The molecule has 0 spiro atoms. The Labute approximate surface area is 175 Å².